The molecule has 2 aromatic heterocycles. The van der Waals surface area contributed by atoms with E-state index in [1.165, 1.54) is 43.6 Å². The maximum Gasteiger partial charge on any atom is 0.160 e. The number of furan rings is 1. The Kier molecular flexibility index (Phi) is 6.13. The van der Waals surface area contributed by atoms with Gasteiger partial charge in [0, 0.05) is 51.7 Å². The van der Waals surface area contributed by atoms with Gasteiger partial charge >= 0.3 is 0 Å². The van der Waals surface area contributed by atoms with E-state index in [-0.39, 0.29) is 12.3 Å². The van der Waals surface area contributed by atoms with Gasteiger partial charge in [0.2, 0.25) is 0 Å². The molecule has 4 nitrogen and oxygen atoms in total. The molecule has 1 aliphatic heterocycles. The monoisotopic (exact) mass is 617 g/mol. The predicted octanol–water partition coefficient (Wildman–Crippen LogP) is 10.7. The first kappa shape index (κ1) is 27.2. The molecule has 228 valence electrons. The van der Waals surface area contributed by atoms with Crippen LogP contribution in [-0.2, 0) is 0 Å². The molecule has 0 aliphatic carbocycles. The first-order chi connectivity index (χ1) is 23.8. The van der Waals surface area contributed by atoms with E-state index in [1.54, 1.807) is 0 Å². The number of fused-ring (bicyclic) bond motifs is 7. The fourth-order valence-corrected chi connectivity index (χ4v) is 7.68. The number of rotatable bonds is 5. The van der Waals surface area contributed by atoms with Crippen molar-refractivity contribution in [3.8, 4) is 16.8 Å². The maximum absolute atomic E-state index is 6.58. The third-order valence-electron chi connectivity index (χ3n) is 9.95. The zero-order valence-corrected chi connectivity index (χ0v) is 26.1. The van der Waals surface area contributed by atoms with Gasteiger partial charge in [-0.15, -0.1) is 0 Å². The summed E-state index contributed by atoms with van der Waals surface area (Å²) in [5.74, 6) is 0. The van der Waals surface area contributed by atoms with Gasteiger partial charge in [0.15, 0.2) is 5.58 Å². The summed E-state index contributed by atoms with van der Waals surface area (Å²) in [6, 6.07) is 60.6. The molecule has 0 bridgehead atoms. The number of benzene rings is 7. The summed E-state index contributed by atoms with van der Waals surface area (Å²) in [5.41, 5.74) is 11.3. The molecule has 4 heteroatoms. The van der Waals surface area contributed by atoms with Crippen LogP contribution in [0.4, 0.5) is 5.69 Å². The second-order valence-corrected chi connectivity index (χ2v) is 12.6. The molecule has 0 saturated carbocycles. The predicted molar refractivity (Wildman–Crippen MR) is 196 cm³/mol. The van der Waals surface area contributed by atoms with Gasteiger partial charge in [-0.2, -0.15) is 0 Å². The number of aromatic nitrogens is 1. The van der Waals surface area contributed by atoms with Crippen LogP contribution in [0.2, 0.25) is 0 Å². The van der Waals surface area contributed by atoms with Gasteiger partial charge in [-0.05, 0) is 58.7 Å². The largest absolute Gasteiger partial charge is 0.548 e. The van der Waals surface area contributed by atoms with E-state index in [9.17, 15) is 0 Å². The Morgan fingerprint density at radius 1 is 0.500 bits per heavy atom. The van der Waals surface area contributed by atoms with Crippen molar-refractivity contribution < 1.29 is 9.32 Å². The van der Waals surface area contributed by atoms with Crippen LogP contribution in [0, 0.1) is 0 Å². The highest BCUT2D eigenvalue weighted by molar-refractivity contribution is 6.21. The summed E-state index contributed by atoms with van der Waals surface area (Å²) >= 11 is 0. The van der Waals surface area contributed by atoms with E-state index in [0.29, 0.717) is 0 Å². The van der Waals surface area contributed by atoms with E-state index < -0.39 is 0 Å². The van der Waals surface area contributed by atoms with Gasteiger partial charge < -0.3 is 19.2 Å². The molecule has 1 saturated heterocycles. The standard InChI is InChI=1S/C44H30N3O/c1-3-12-29(13-4-1)31-16-11-17-32(28-31)44-45-43(30-14-5-2-6-15-30)47(44)34-24-22-33(23-25-34)46-39-20-9-7-18-35(39)37-26-27-38-36-19-8-10-21-40(36)48-42(38)41(37)46/h1-28,43-44H/q-1/p+1. The van der Waals surface area contributed by atoms with Crippen LogP contribution in [0.5, 0.6) is 0 Å². The Bertz CT molecular complexity index is 2600. The third kappa shape index (κ3) is 4.17. The van der Waals surface area contributed by atoms with Gasteiger partial charge in [-0.3, -0.25) is 0 Å². The van der Waals surface area contributed by atoms with Gasteiger partial charge in [0.05, 0.1) is 11.0 Å². The molecule has 1 N–H and O–H groups in total. The van der Waals surface area contributed by atoms with Crippen molar-refractivity contribution in [3.05, 3.63) is 186 Å². The van der Waals surface area contributed by atoms with Crippen molar-refractivity contribution in [2.45, 2.75) is 12.3 Å². The molecular weight excluding hydrogens is 587 g/mol. The highest BCUT2D eigenvalue weighted by atomic mass is 16.3. The van der Waals surface area contributed by atoms with E-state index in [0.717, 1.165) is 38.7 Å². The summed E-state index contributed by atoms with van der Waals surface area (Å²) in [5, 5.41) is 9.99. The summed E-state index contributed by atoms with van der Waals surface area (Å²) in [4.78, 5) is 1.33. The molecule has 0 amide bonds. The first-order valence-corrected chi connectivity index (χ1v) is 16.5. The zero-order chi connectivity index (χ0) is 31.6. The molecule has 3 atom stereocenters. The quantitative estimate of drug-likeness (QED) is 0.205. The lowest BCUT2D eigenvalue weighted by atomic mass is 9.96. The minimum Gasteiger partial charge on any atom is -0.548 e. The highest BCUT2D eigenvalue weighted by Crippen LogP contribution is 2.41. The molecule has 3 heterocycles. The van der Waals surface area contributed by atoms with E-state index in [2.05, 4.69) is 168 Å². The Morgan fingerprint density at radius 2 is 1.15 bits per heavy atom. The minimum absolute atomic E-state index is 0.00636. The van der Waals surface area contributed by atoms with Gasteiger partial charge in [-0.25, -0.2) is 0 Å². The van der Waals surface area contributed by atoms with Crippen molar-refractivity contribution in [1.82, 2.24) is 4.57 Å². The third-order valence-corrected chi connectivity index (χ3v) is 9.95. The molecule has 0 spiro atoms. The van der Waals surface area contributed by atoms with Crippen LogP contribution in [0.25, 0.3) is 65.9 Å². The average Bonchev–Trinajstić information content (AvgIpc) is 3.69. The van der Waals surface area contributed by atoms with Gasteiger partial charge in [0.1, 0.15) is 11.3 Å². The molecule has 48 heavy (non-hydrogen) atoms. The van der Waals surface area contributed by atoms with Crippen LogP contribution in [0.3, 0.4) is 0 Å². The summed E-state index contributed by atoms with van der Waals surface area (Å²) in [7, 11) is 0. The van der Waals surface area contributed by atoms with Crippen molar-refractivity contribution in [2.75, 3.05) is 0 Å². The van der Waals surface area contributed by atoms with Crippen LogP contribution < -0.4 is 4.90 Å². The maximum atomic E-state index is 6.58. The molecule has 7 aromatic carbocycles. The molecule has 1 fully saturated rings. The minimum atomic E-state index is -0.00636. The van der Waals surface area contributed by atoms with Gasteiger partial charge in [-0.1, -0.05) is 121 Å². The Hall–Kier alpha value is -5.94. The smallest absolute Gasteiger partial charge is 0.160 e. The van der Waals surface area contributed by atoms with Gasteiger partial charge in [0.25, 0.3) is 0 Å². The highest BCUT2D eigenvalue weighted by Gasteiger charge is 2.35. The fraction of sp³-hybridized carbons (Fsp3) is 0.0455. The zero-order valence-electron chi connectivity index (χ0n) is 26.1. The molecule has 10 rings (SSSR count). The Labute approximate surface area is 278 Å². The number of quaternary nitrogens is 1. The Morgan fingerprint density at radius 3 is 1.98 bits per heavy atom. The first-order valence-electron chi connectivity index (χ1n) is 16.5. The van der Waals surface area contributed by atoms with Crippen LogP contribution in [0.15, 0.2) is 174 Å². The SMILES string of the molecule is c1ccc(-c2cccc(C3[N-]C(c4ccccc4)[NH+]3c3ccc(-n4c5ccccc5c5ccc6c7ccccc7oc6c54)cc3)c2)cc1. The van der Waals surface area contributed by atoms with Crippen molar-refractivity contribution in [1.29, 1.82) is 0 Å². The second-order valence-electron chi connectivity index (χ2n) is 12.6. The lowest BCUT2D eigenvalue weighted by molar-refractivity contribution is -0.927. The number of nitrogens with one attached hydrogen (secondary N) is 1. The number of para-hydroxylation sites is 2. The van der Waals surface area contributed by atoms with E-state index in [4.69, 9.17) is 9.73 Å². The molecular formula is C44H31N3O. The van der Waals surface area contributed by atoms with Crippen molar-refractivity contribution >= 4 is 49.4 Å². The topological polar surface area (TPSA) is 36.6 Å². The van der Waals surface area contributed by atoms with Crippen molar-refractivity contribution in [3.63, 3.8) is 0 Å². The number of nitrogens with zero attached hydrogens (tertiary/aromatic N) is 2. The average molecular weight is 618 g/mol. The summed E-state index contributed by atoms with van der Waals surface area (Å²) in [6.45, 7) is 0. The molecule has 3 unspecified atom stereocenters. The van der Waals surface area contributed by atoms with Crippen molar-refractivity contribution in [2.24, 2.45) is 0 Å². The molecule has 0 radical (unpaired) electrons. The lowest BCUT2D eigenvalue weighted by Gasteiger charge is -2.58. The second kappa shape index (κ2) is 10.8. The number of hydrogen-bond donors (Lipinski definition) is 1. The van der Waals surface area contributed by atoms with E-state index in [1.807, 2.05) is 6.07 Å². The van der Waals surface area contributed by atoms with Crippen LogP contribution in [-0.4, -0.2) is 4.57 Å². The van der Waals surface area contributed by atoms with E-state index >= 15 is 0 Å². The summed E-state index contributed by atoms with van der Waals surface area (Å²) < 4.78 is 8.94. The van der Waals surface area contributed by atoms with Crippen LogP contribution >= 0.6 is 0 Å². The normalized spacial score (nSPS) is 17.7. The molecule has 1 aliphatic rings. The van der Waals surface area contributed by atoms with Crippen LogP contribution in [0.1, 0.15) is 23.5 Å². The molecule has 9 aromatic rings. The fourth-order valence-electron chi connectivity index (χ4n) is 7.68. The Balaban J connectivity index is 1.10. The summed E-state index contributed by atoms with van der Waals surface area (Å²) in [6.07, 6.45) is 0.0129. The lowest BCUT2D eigenvalue weighted by Crippen LogP contribution is -3.13. The number of hydrogen-bond acceptors (Lipinski definition) is 1.